The molecule has 1 aromatic rings. The van der Waals surface area contributed by atoms with E-state index in [1.165, 1.54) is 12.1 Å². The minimum Gasteiger partial charge on any atom is -0.508 e. The predicted octanol–water partition coefficient (Wildman–Crippen LogP) is 2.59. The molecule has 1 heterocycles. The minimum atomic E-state index is -2.66. The van der Waals surface area contributed by atoms with Gasteiger partial charge < -0.3 is 10.4 Å². The van der Waals surface area contributed by atoms with Gasteiger partial charge in [0.25, 0.3) is 6.43 Å². The van der Waals surface area contributed by atoms with Gasteiger partial charge in [0.15, 0.2) is 0 Å². The molecule has 1 aromatic carbocycles. The molecule has 1 aliphatic rings. The van der Waals surface area contributed by atoms with Crippen LogP contribution in [0.25, 0.3) is 0 Å². The van der Waals surface area contributed by atoms with Gasteiger partial charge in [-0.1, -0.05) is 6.07 Å². The molecule has 20 heavy (non-hydrogen) atoms. The summed E-state index contributed by atoms with van der Waals surface area (Å²) in [6.45, 7) is 2.14. The first-order valence-electron chi connectivity index (χ1n) is 5.81. The molecule has 1 saturated heterocycles. The van der Waals surface area contributed by atoms with E-state index in [2.05, 4.69) is 5.32 Å². The Hall–Kier alpha value is -0.690. The second-order valence-corrected chi connectivity index (χ2v) is 4.27. The molecule has 8 heteroatoms. The Kier molecular flexibility index (Phi) is 8.27. The average Bonchev–Trinajstić information content (AvgIpc) is 2.33. The summed E-state index contributed by atoms with van der Waals surface area (Å²) in [5.74, 6) is -1.05. The summed E-state index contributed by atoms with van der Waals surface area (Å²) in [5, 5.41) is 12.2. The van der Waals surface area contributed by atoms with Gasteiger partial charge in [-0.3, -0.25) is 4.90 Å². The number of hydrogen-bond acceptors (Lipinski definition) is 3. The molecule has 0 unspecified atom stereocenters. The van der Waals surface area contributed by atoms with Gasteiger partial charge in [0.1, 0.15) is 11.6 Å². The van der Waals surface area contributed by atoms with Gasteiger partial charge >= 0.3 is 0 Å². The predicted molar refractivity (Wildman–Crippen MR) is 75.7 cm³/mol. The number of alkyl halides is 2. The van der Waals surface area contributed by atoms with Gasteiger partial charge in [0.05, 0.1) is 6.04 Å². The van der Waals surface area contributed by atoms with Crippen LogP contribution < -0.4 is 5.32 Å². The maximum atomic E-state index is 13.7. The molecule has 2 N–H and O–H groups in total. The lowest BCUT2D eigenvalue weighted by Crippen LogP contribution is -2.47. The average molecular weight is 333 g/mol. The molecule has 0 amide bonds. The zero-order valence-electron chi connectivity index (χ0n) is 10.6. The van der Waals surface area contributed by atoms with Crippen LogP contribution in [0.3, 0.4) is 0 Å². The van der Waals surface area contributed by atoms with Gasteiger partial charge in [-0.25, -0.2) is 13.2 Å². The Morgan fingerprint density at radius 2 is 1.75 bits per heavy atom. The number of phenols is 1. The third kappa shape index (κ3) is 4.41. The Balaban J connectivity index is 0.00000180. The lowest BCUT2D eigenvalue weighted by molar-refractivity contribution is 0.0163. The standard InChI is InChI=1S/C12H15F3N2O.2ClH/c13-10-7-8(18)1-2-9(10)11(12(14)15)17-5-3-16-4-6-17;;/h1-2,7,11-12,16,18H,3-6H2;2*1H/t11-;;/m0../s1. The number of rotatable bonds is 3. The number of nitrogens with one attached hydrogen (secondary N) is 1. The van der Waals surface area contributed by atoms with Gasteiger partial charge in [-0.2, -0.15) is 0 Å². The van der Waals surface area contributed by atoms with Crippen molar-refractivity contribution in [3.8, 4) is 5.75 Å². The summed E-state index contributed by atoms with van der Waals surface area (Å²) in [6.07, 6.45) is -2.66. The highest BCUT2D eigenvalue weighted by atomic mass is 35.5. The van der Waals surface area contributed by atoms with Crippen molar-refractivity contribution in [3.63, 3.8) is 0 Å². The Morgan fingerprint density at radius 3 is 2.25 bits per heavy atom. The minimum absolute atomic E-state index is 0. The largest absolute Gasteiger partial charge is 0.508 e. The Labute approximate surface area is 128 Å². The fourth-order valence-corrected chi connectivity index (χ4v) is 2.21. The highest BCUT2D eigenvalue weighted by Gasteiger charge is 2.32. The van der Waals surface area contributed by atoms with Crippen molar-refractivity contribution in [1.82, 2.24) is 10.2 Å². The second-order valence-electron chi connectivity index (χ2n) is 4.27. The number of piperazine rings is 1. The van der Waals surface area contributed by atoms with Crippen molar-refractivity contribution in [2.75, 3.05) is 26.2 Å². The summed E-state index contributed by atoms with van der Waals surface area (Å²) in [5.41, 5.74) is -0.0651. The van der Waals surface area contributed by atoms with Crippen LogP contribution in [0.2, 0.25) is 0 Å². The maximum absolute atomic E-state index is 13.7. The molecular formula is C12H17Cl2F3N2O. The van der Waals surface area contributed by atoms with Crippen molar-refractivity contribution < 1.29 is 18.3 Å². The summed E-state index contributed by atoms with van der Waals surface area (Å²) < 4.78 is 40.0. The smallest absolute Gasteiger partial charge is 0.258 e. The molecule has 116 valence electrons. The third-order valence-electron chi connectivity index (χ3n) is 3.09. The van der Waals surface area contributed by atoms with Crippen molar-refractivity contribution in [3.05, 3.63) is 29.6 Å². The molecule has 1 aliphatic heterocycles. The molecule has 0 bridgehead atoms. The van der Waals surface area contributed by atoms with Crippen molar-refractivity contribution in [2.45, 2.75) is 12.5 Å². The number of aromatic hydroxyl groups is 1. The van der Waals surface area contributed by atoms with Crippen molar-refractivity contribution in [2.24, 2.45) is 0 Å². The topological polar surface area (TPSA) is 35.5 Å². The van der Waals surface area contributed by atoms with E-state index in [1.54, 1.807) is 4.90 Å². The number of hydrogen-bond donors (Lipinski definition) is 2. The molecule has 0 radical (unpaired) electrons. The van der Waals surface area contributed by atoms with Crippen LogP contribution in [-0.4, -0.2) is 42.6 Å². The molecule has 0 spiro atoms. The quantitative estimate of drug-likeness (QED) is 0.893. The van der Waals surface area contributed by atoms with E-state index >= 15 is 0 Å². The summed E-state index contributed by atoms with van der Waals surface area (Å²) in [6, 6.07) is 2.07. The summed E-state index contributed by atoms with van der Waals surface area (Å²) >= 11 is 0. The summed E-state index contributed by atoms with van der Waals surface area (Å²) in [4.78, 5) is 1.57. The second kappa shape index (κ2) is 8.56. The fraction of sp³-hybridized carbons (Fsp3) is 0.500. The first-order chi connectivity index (χ1) is 8.59. The van der Waals surface area contributed by atoms with E-state index in [9.17, 15) is 13.2 Å². The Morgan fingerprint density at radius 1 is 1.15 bits per heavy atom. The van der Waals surface area contributed by atoms with Crippen LogP contribution in [0.15, 0.2) is 18.2 Å². The van der Waals surface area contributed by atoms with Gasteiger partial charge in [0, 0.05) is 37.8 Å². The fourth-order valence-electron chi connectivity index (χ4n) is 2.21. The van der Waals surface area contributed by atoms with Crippen molar-refractivity contribution in [1.29, 1.82) is 0 Å². The highest BCUT2D eigenvalue weighted by molar-refractivity contribution is 5.85. The molecule has 2 rings (SSSR count). The molecule has 0 aliphatic carbocycles. The SMILES string of the molecule is Cl.Cl.Oc1ccc([C@@H](C(F)F)N2CCNCC2)c(F)c1. The molecule has 3 nitrogen and oxygen atoms in total. The molecule has 0 aromatic heterocycles. The van der Waals surface area contributed by atoms with E-state index in [0.29, 0.717) is 26.2 Å². The van der Waals surface area contributed by atoms with Crippen LogP contribution >= 0.6 is 24.8 Å². The summed E-state index contributed by atoms with van der Waals surface area (Å²) in [7, 11) is 0. The number of nitrogens with zero attached hydrogens (tertiary/aromatic N) is 1. The zero-order valence-corrected chi connectivity index (χ0v) is 12.2. The molecule has 1 fully saturated rings. The van der Waals surface area contributed by atoms with Crippen LogP contribution in [0, 0.1) is 5.82 Å². The van der Waals surface area contributed by atoms with E-state index in [1.807, 2.05) is 0 Å². The molecule has 0 saturated carbocycles. The first-order valence-corrected chi connectivity index (χ1v) is 5.81. The van der Waals surface area contributed by atoms with E-state index in [-0.39, 0.29) is 36.1 Å². The van der Waals surface area contributed by atoms with Crippen LogP contribution in [0.5, 0.6) is 5.75 Å². The van der Waals surface area contributed by atoms with Crippen molar-refractivity contribution >= 4 is 24.8 Å². The van der Waals surface area contributed by atoms with Crippen LogP contribution in [-0.2, 0) is 0 Å². The first kappa shape index (κ1) is 19.3. The number of phenolic OH excluding ortho intramolecular Hbond substituents is 1. The van der Waals surface area contributed by atoms with Gasteiger partial charge in [-0.05, 0) is 6.07 Å². The monoisotopic (exact) mass is 332 g/mol. The molecule has 1 atom stereocenters. The van der Waals surface area contributed by atoms with E-state index < -0.39 is 18.3 Å². The number of benzene rings is 1. The Bertz CT molecular complexity index is 418. The normalized spacial score (nSPS) is 17.2. The van der Waals surface area contributed by atoms with Crippen LogP contribution in [0.4, 0.5) is 13.2 Å². The number of halogens is 5. The zero-order chi connectivity index (χ0) is 13.1. The van der Waals surface area contributed by atoms with E-state index in [0.717, 1.165) is 6.07 Å². The van der Waals surface area contributed by atoms with Gasteiger partial charge in [0.2, 0.25) is 0 Å². The van der Waals surface area contributed by atoms with Crippen LogP contribution in [0.1, 0.15) is 11.6 Å². The molecular weight excluding hydrogens is 316 g/mol. The van der Waals surface area contributed by atoms with E-state index in [4.69, 9.17) is 5.11 Å². The lowest BCUT2D eigenvalue weighted by Gasteiger charge is -2.34. The maximum Gasteiger partial charge on any atom is 0.258 e. The lowest BCUT2D eigenvalue weighted by atomic mass is 10.0. The third-order valence-corrected chi connectivity index (χ3v) is 3.09. The highest BCUT2D eigenvalue weighted by Crippen LogP contribution is 2.31. The van der Waals surface area contributed by atoms with Gasteiger partial charge in [-0.15, -0.1) is 24.8 Å².